The smallest absolute Gasteiger partial charge is 0.260 e. The molecule has 9 rings (SSSR count). The second kappa shape index (κ2) is 15.1. The van der Waals surface area contributed by atoms with Crippen LogP contribution in [0.3, 0.4) is 0 Å². The number of halogens is 4. The topological polar surface area (TPSA) is 133 Å². The monoisotopic (exact) mass is 951 g/mol. The maximum absolute atomic E-state index is 15.5. The third-order valence-electron chi connectivity index (χ3n) is 12.4. The Bertz CT molecular complexity index is 2660. The van der Waals surface area contributed by atoms with Gasteiger partial charge in [0.25, 0.3) is 11.8 Å². The molecule has 2 aliphatic heterocycles. The molecule has 3 fully saturated rings. The van der Waals surface area contributed by atoms with Crippen LogP contribution in [0.2, 0.25) is 5.02 Å². The molecule has 6 atom stereocenters. The number of hydrogen-bond donors (Lipinski definition) is 2. The third-order valence-corrected chi connectivity index (χ3v) is 14.8. The number of benzene rings is 5. The third kappa shape index (κ3) is 6.03. The first kappa shape index (κ1) is 39.8. The minimum Gasteiger partial charge on any atom is -0.503 e. The number of carbonyl (C=O) groups excluding carboxylic acids is 5. The summed E-state index contributed by atoms with van der Waals surface area (Å²) in [5.41, 5.74) is 4.38. The van der Waals surface area contributed by atoms with Crippen molar-refractivity contribution in [3.8, 4) is 11.5 Å². The zero-order chi connectivity index (χ0) is 42.2. The van der Waals surface area contributed by atoms with Crippen LogP contribution in [0.4, 0.5) is 15.8 Å². The molecule has 6 unspecified atom stereocenters. The Hall–Kier alpha value is -5.63. The van der Waals surface area contributed by atoms with Gasteiger partial charge in [0.1, 0.15) is 5.82 Å². The van der Waals surface area contributed by atoms with E-state index in [2.05, 4.69) is 37.3 Å². The first-order chi connectivity index (χ1) is 28.9. The molecule has 0 aromatic heterocycles. The Kier molecular flexibility index (Phi) is 10.0. The number of hydrazine groups is 1. The number of fused-ring (bicyclic) bond motifs is 4. The number of carbonyl (C=O) groups is 5. The Labute approximate surface area is 365 Å². The number of allylic oxidation sites excluding steroid dienone is 2. The molecule has 4 aliphatic rings. The fourth-order valence-corrected chi connectivity index (χ4v) is 10.8. The van der Waals surface area contributed by atoms with Gasteiger partial charge < -0.3 is 9.84 Å². The minimum absolute atomic E-state index is 0.0175. The van der Waals surface area contributed by atoms with Crippen molar-refractivity contribution >= 4 is 84.2 Å². The minimum atomic E-state index is -1.67. The Balaban J connectivity index is 1.19. The highest BCUT2D eigenvalue weighted by molar-refractivity contribution is 9.13. The first-order valence-corrected chi connectivity index (χ1v) is 21.0. The molecule has 302 valence electrons. The van der Waals surface area contributed by atoms with Gasteiger partial charge in [-0.2, -0.15) is 5.01 Å². The standard InChI is InChI=1S/C46H33Br2ClFN3O7/c1-60-35-22-33(38(47)39(48)41(35)55)37-30-19-20-31-36(44(58)52(42(31)56)29-17-7-24(8-18-29)40(54)23-5-3-2-4-6-23)32(30)21-34-43(57)53(51-28-15-13-27(50)14-16-28)45(59)46(34,37)25-9-11-26(49)12-10-25/h2-19,22,31-32,34,36-37,51,55H,20-21H2,1H3. The molecule has 2 heterocycles. The number of rotatable bonds is 8. The van der Waals surface area contributed by atoms with E-state index in [0.29, 0.717) is 43.0 Å². The summed E-state index contributed by atoms with van der Waals surface area (Å²) in [6.07, 6.45) is 2.09. The predicted molar refractivity (Wildman–Crippen MR) is 228 cm³/mol. The number of ether oxygens (including phenoxy) is 1. The first-order valence-electron chi connectivity index (χ1n) is 19.1. The van der Waals surface area contributed by atoms with E-state index in [9.17, 15) is 23.9 Å². The molecule has 10 nitrogen and oxygen atoms in total. The van der Waals surface area contributed by atoms with Crippen LogP contribution in [0, 0.1) is 29.5 Å². The lowest BCUT2D eigenvalue weighted by atomic mass is 9.49. The van der Waals surface area contributed by atoms with Crippen molar-refractivity contribution in [3.63, 3.8) is 0 Å². The van der Waals surface area contributed by atoms with Crippen molar-refractivity contribution in [3.05, 3.63) is 163 Å². The lowest BCUT2D eigenvalue weighted by Gasteiger charge is -2.51. The molecular formula is C46H33Br2ClFN3O7. The quantitative estimate of drug-likeness (QED) is 0.0895. The number of anilines is 2. The van der Waals surface area contributed by atoms with E-state index >= 15 is 9.59 Å². The van der Waals surface area contributed by atoms with Gasteiger partial charge >= 0.3 is 0 Å². The number of phenolic OH excluding ortho intramolecular Hbond substituents is 1. The van der Waals surface area contributed by atoms with E-state index in [4.69, 9.17) is 16.3 Å². The molecule has 2 aliphatic carbocycles. The Morgan fingerprint density at radius 1 is 0.850 bits per heavy atom. The number of imide groups is 2. The van der Waals surface area contributed by atoms with E-state index in [0.717, 1.165) is 5.01 Å². The summed E-state index contributed by atoms with van der Waals surface area (Å²) >= 11 is 13.6. The lowest BCUT2D eigenvalue weighted by Crippen LogP contribution is -2.53. The van der Waals surface area contributed by atoms with E-state index in [1.807, 2.05) is 12.1 Å². The number of hydrogen-bond acceptors (Lipinski definition) is 8. The zero-order valence-corrected chi connectivity index (χ0v) is 35.5. The number of phenols is 1. The second-order valence-electron chi connectivity index (χ2n) is 15.3. The van der Waals surface area contributed by atoms with Gasteiger partial charge in [0.05, 0.1) is 46.1 Å². The summed E-state index contributed by atoms with van der Waals surface area (Å²) in [4.78, 5) is 74.0. The van der Waals surface area contributed by atoms with E-state index in [1.54, 1.807) is 78.9 Å². The highest BCUT2D eigenvalue weighted by atomic mass is 79.9. The van der Waals surface area contributed by atoms with Crippen LogP contribution in [0.1, 0.15) is 45.8 Å². The number of nitrogens with zero attached hydrogens (tertiary/aromatic N) is 2. The molecular weight excluding hydrogens is 921 g/mol. The van der Waals surface area contributed by atoms with Crippen LogP contribution in [-0.4, -0.2) is 46.6 Å². The van der Waals surface area contributed by atoms with Crippen molar-refractivity contribution in [2.75, 3.05) is 17.4 Å². The summed E-state index contributed by atoms with van der Waals surface area (Å²) in [5.74, 6) is -7.33. The highest BCUT2D eigenvalue weighted by Crippen LogP contribution is 2.65. The number of amides is 4. The maximum Gasteiger partial charge on any atom is 0.260 e. The van der Waals surface area contributed by atoms with Crippen LogP contribution in [0.5, 0.6) is 11.5 Å². The largest absolute Gasteiger partial charge is 0.503 e. The molecule has 4 amide bonds. The summed E-state index contributed by atoms with van der Waals surface area (Å²) in [6.45, 7) is 0. The molecule has 2 saturated heterocycles. The molecule has 60 heavy (non-hydrogen) atoms. The average molecular weight is 954 g/mol. The van der Waals surface area contributed by atoms with Crippen molar-refractivity contribution in [2.45, 2.75) is 24.2 Å². The van der Waals surface area contributed by atoms with Gasteiger partial charge in [-0.05, 0) is 128 Å². The van der Waals surface area contributed by atoms with Crippen LogP contribution >= 0.6 is 43.5 Å². The van der Waals surface area contributed by atoms with E-state index in [1.165, 1.54) is 36.3 Å². The number of aromatic hydroxyl groups is 1. The molecule has 2 N–H and O–H groups in total. The van der Waals surface area contributed by atoms with Gasteiger partial charge in [-0.3, -0.25) is 34.3 Å². The zero-order valence-electron chi connectivity index (χ0n) is 31.6. The van der Waals surface area contributed by atoms with Crippen LogP contribution < -0.4 is 15.1 Å². The number of nitrogens with one attached hydrogen (secondary N) is 1. The van der Waals surface area contributed by atoms with Gasteiger partial charge in [-0.15, -0.1) is 0 Å². The van der Waals surface area contributed by atoms with E-state index < -0.39 is 64.5 Å². The summed E-state index contributed by atoms with van der Waals surface area (Å²) < 4.78 is 20.2. The van der Waals surface area contributed by atoms with Crippen molar-refractivity contribution in [2.24, 2.45) is 23.7 Å². The Morgan fingerprint density at radius 3 is 2.18 bits per heavy atom. The molecule has 0 spiro atoms. The molecule has 0 bridgehead atoms. The van der Waals surface area contributed by atoms with Crippen LogP contribution in [-0.2, 0) is 24.6 Å². The number of ketones is 1. The maximum atomic E-state index is 15.5. The second-order valence-corrected chi connectivity index (χ2v) is 17.3. The van der Waals surface area contributed by atoms with Crippen molar-refractivity contribution in [1.29, 1.82) is 0 Å². The van der Waals surface area contributed by atoms with E-state index in [-0.39, 0.29) is 40.3 Å². The Morgan fingerprint density at radius 2 is 1.52 bits per heavy atom. The molecule has 14 heteroatoms. The SMILES string of the molecule is COc1cc(C2C3=CCC4C(=O)N(c5ccc(C(=O)c6ccccc6)cc5)C(=O)C4C3CC3C(=O)N(Nc4ccc(F)cc4)C(=O)C32c2ccc(Cl)cc2)c(Br)c(Br)c1O. The van der Waals surface area contributed by atoms with Gasteiger partial charge in [0, 0.05) is 26.5 Å². The number of methoxy groups -OCH3 is 1. The molecule has 5 aromatic rings. The van der Waals surface area contributed by atoms with Gasteiger partial charge in [0.15, 0.2) is 17.3 Å². The summed E-state index contributed by atoms with van der Waals surface area (Å²) in [7, 11) is 1.39. The van der Waals surface area contributed by atoms with Gasteiger partial charge in [-0.25, -0.2) is 4.39 Å². The van der Waals surface area contributed by atoms with Gasteiger partial charge in [0.2, 0.25) is 11.8 Å². The fraction of sp³-hybridized carbons (Fsp3) is 0.196. The lowest BCUT2D eigenvalue weighted by molar-refractivity contribution is -0.138. The van der Waals surface area contributed by atoms with Crippen molar-refractivity contribution < 1.29 is 38.2 Å². The van der Waals surface area contributed by atoms with Crippen LogP contribution in [0.15, 0.2) is 130 Å². The average Bonchev–Trinajstić information content (AvgIpc) is 3.64. The van der Waals surface area contributed by atoms with Gasteiger partial charge in [-0.1, -0.05) is 65.7 Å². The normalized spacial score (nSPS) is 24.5. The van der Waals surface area contributed by atoms with Crippen LogP contribution in [0.25, 0.3) is 0 Å². The van der Waals surface area contributed by atoms with Crippen molar-refractivity contribution in [1.82, 2.24) is 5.01 Å². The predicted octanol–water partition coefficient (Wildman–Crippen LogP) is 9.14. The fourth-order valence-electron chi connectivity index (χ4n) is 9.75. The molecule has 0 radical (unpaired) electrons. The molecule has 5 aromatic carbocycles. The highest BCUT2D eigenvalue weighted by Gasteiger charge is 2.70. The summed E-state index contributed by atoms with van der Waals surface area (Å²) in [5, 5.41) is 12.4. The summed E-state index contributed by atoms with van der Waals surface area (Å²) in [6, 6.07) is 28.7. The molecule has 1 saturated carbocycles.